The SMILES string of the molecule is CCOC(C)(C)CNC(=O)c1ccc(C(=O)O)s1. The number of hydrogen-bond donors (Lipinski definition) is 2. The van der Waals surface area contributed by atoms with Gasteiger partial charge in [0, 0.05) is 13.2 Å². The molecule has 0 aliphatic heterocycles. The van der Waals surface area contributed by atoms with Gasteiger partial charge in [-0.1, -0.05) is 0 Å². The average molecular weight is 271 g/mol. The number of carbonyl (C=O) groups excluding carboxylic acids is 1. The third kappa shape index (κ3) is 4.12. The number of carboxylic acids is 1. The van der Waals surface area contributed by atoms with Crippen molar-refractivity contribution in [2.45, 2.75) is 26.4 Å². The first-order valence-electron chi connectivity index (χ1n) is 5.61. The fourth-order valence-electron chi connectivity index (χ4n) is 1.40. The summed E-state index contributed by atoms with van der Waals surface area (Å²) in [6.07, 6.45) is 0. The van der Waals surface area contributed by atoms with Crippen molar-refractivity contribution in [1.29, 1.82) is 0 Å². The summed E-state index contributed by atoms with van der Waals surface area (Å²) in [6.45, 7) is 6.61. The zero-order valence-electron chi connectivity index (χ0n) is 10.6. The summed E-state index contributed by atoms with van der Waals surface area (Å²) < 4.78 is 5.45. The van der Waals surface area contributed by atoms with E-state index in [-0.39, 0.29) is 10.8 Å². The van der Waals surface area contributed by atoms with Crippen LogP contribution in [-0.4, -0.2) is 35.7 Å². The fourth-order valence-corrected chi connectivity index (χ4v) is 2.16. The maximum atomic E-state index is 11.8. The fraction of sp³-hybridized carbons (Fsp3) is 0.500. The number of rotatable bonds is 6. The van der Waals surface area contributed by atoms with Gasteiger partial charge in [-0.3, -0.25) is 4.79 Å². The number of amides is 1. The molecular formula is C12H17NO4S. The number of ether oxygens (including phenoxy) is 1. The monoisotopic (exact) mass is 271 g/mol. The highest BCUT2D eigenvalue weighted by Crippen LogP contribution is 2.16. The van der Waals surface area contributed by atoms with Crippen LogP contribution in [0, 0.1) is 0 Å². The molecule has 0 aliphatic rings. The quantitative estimate of drug-likeness (QED) is 0.829. The molecule has 18 heavy (non-hydrogen) atoms. The van der Waals surface area contributed by atoms with Gasteiger partial charge in [-0.05, 0) is 32.9 Å². The number of nitrogens with one attached hydrogen (secondary N) is 1. The minimum Gasteiger partial charge on any atom is -0.477 e. The highest BCUT2D eigenvalue weighted by atomic mass is 32.1. The first-order valence-corrected chi connectivity index (χ1v) is 6.42. The summed E-state index contributed by atoms with van der Waals surface area (Å²) >= 11 is 0.961. The van der Waals surface area contributed by atoms with E-state index in [4.69, 9.17) is 9.84 Å². The van der Waals surface area contributed by atoms with Crippen LogP contribution in [0.1, 0.15) is 40.1 Å². The van der Waals surface area contributed by atoms with Gasteiger partial charge in [0.25, 0.3) is 5.91 Å². The van der Waals surface area contributed by atoms with Crippen molar-refractivity contribution in [3.05, 3.63) is 21.9 Å². The Balaban J connectivity index is 2.57. The largest absolute Gasteiger partial charge is 0.477 e. The first-order chi connectivity index (χ1) is 8.35. The lowest BCUT2D eigenvalue weighted by atomic mass is 10.1. The molecule has 1 rings (SSSR count). The van der Waals surface area contributed by atoms with Gasteiger partial charge in [-0.2, -0.15) is 0 Å². The van der Waals surface area contributed by atoms with Crippen LogP contribution in [0.5, 0.6) is 0 Å². The van der Waals surface area contributed by atoms with Gasteiger partial charge >= 0.3 is 5.97 Å². The van der Waals surface area contributed by atoms with Crippen LogP contribution in [-0.2, 0) is 4.74 Å². The molecule has 1 aromatic heterocycles. The van der Waals surface area contributed by atoms with Crippen molar-refractivity contribution in [3.8, 4) is 0 Å². The lowest BCUT2D eigenvalue weighted by Gasteiger charge is -2.24. The molecule has 0 atom stereocenters. The Morgan fingerprint density at radius 1 is 1.39 bits per heavy atom. The van der Waals surface area contributed by atoms with Crippen LogP contribution >= 0.6 is 11.3 Å². The minimum absolute atomic E-state index is 0.157. The molecule has 1 aromatic rings. The molecule has 0 saturated heterocycles. The van der Waals surface area contributed by atoms with Gasteiger partial charge in [-0.15, -0.1) is 11.3 Å². The Hall–Kier alpha value is -1.40. The standard InChI is InChI=1S/C12H17NO4S/c1-4-17-12(2,3)7-13-10(14)8-5-6-9(18-8)11(15)16/h5-6H,4,7H2,1-3H3,(H,13,14)(H,15,16). The number of thiophene rings is 1. The highest BCUT2D eigenvalue weighted by Gasteiger charge is 2.20. The van der Waals surface area contributed by atoms with Crippen molar-refractivity contribution in [1.82, 2.24) is 5.32 Å². The predicted molar refractivity (Wildman–Crippen MR) is 69.3 cm³/mol. The van der Waals surface area contributed by atoms with Crippen molar-refractivity contribution in [2.75, 3.05) is 13.2 Å². The van der Waals surface area contributed by atoms with Crippen LogP contribution in [0.4, 0.5) is 0 Å². The van der Waals surface area contributed by atoms with E-state index in [0.29, 0.717) is 18.0 Å². The van der Waals surface area contributed by atoms with Gasteiger partial charge < -0.3 is 15.2 Å². The number of hydrogen-bond acceptors (Lipinski definition) is 4. The second kappa shape index (κ2) is 5.97. The summed E-state index contributed by atoms with van der Waals surface area (Å²) in [4.78, 5) is 23.0. The molecule has 100 valence electrons. The molecule has 0 bridgehead atoms. The smallest absolute Gasteiger partial charge is 0.345 e. The van der Waals surface area contributed by atoms with E-state index >= 15 is 0 Å². The van der Waals surface area contributed by atoms with Crippen molar-refractivity contribution in [3.63, 3.8) is 0 Å². The number of carboxylic acid groups (broad SMARTS) is 1. The molecule has 5 nitrogen and oxygen atoms in total. The van der Waals surface area contributed by atoms with Crippen molar-refractivity contribution in [2.24, 2.45) is 0 Å². The lowest BCUT2D eigenvalue weighted by molar-refractivity contribution is -0.00813. The van der Waals surface area contributed by atoms with E-state index in [9.17, 15) is 9.59 Å². The van der Waals surface area contributed by atoms with Crippen molar-refractivity contribution < 1.29 is 19.4 Å². The summed E-state index contributed by atoms with van der Waals surface area (Å²) in [7, 11) is 0. The normalized spacial score (nSPS) is 11.3. The van der Waals surface area contributed by atoms with Gasteiger partial charge in [0.1, 0.15) is 4.88 Å². The summed E-state index contributed by atoms with van der Waals surface area (Å²) in [5, 5.41) is 11.5. The van der Waals surface area contributed by atoms with E-state index in [0.717, 1.165) is 11.3 Å². The molecule has 0 aromatic carbocycles. The molecule has 2 N–H and O–H groups in total. The van der Waals surface area contributed by atoms with E-state index in [2.05, 4.69) is 5.32 Å². The molecule has 1 heterocycles. The van der Waals surface area contributed by atoms with E-state index < -0.39 is 11.6 Å². The maximum Gasteiger partial charge on any atom is 0.345 e. The van der Waals surface area contributed by atoms with Crippen molar-refractivity contribution >= 4 is 23.2 Å². The van der Waals surface area contributed by atoms with Crippen LogP contribution < -0.4 is 5.32 Å². The zero-order valence-corrected chi connectivity index (χ0v) is 11.5. The molecule has 0 aliphatic carbocycles. The Labute approximate surface area is 110 Å². The first kappa shape index (κ1) is 14.7. The van der Waals surface area contributed by atoms with E-state index in [1.54, 1.807) is 0 Å². The molecule has 0 unspecified atom stereocenters. The second-order valence-electron chi connectivity index (χ2n) is 4.34. The van der Waals surface area contributed by atoms with E-state index in [1.807, 2.05) is 20.8 Å². The molecule has 6 heteroatoms. The van der Waals surface area contributed by atoms with E-state index in [1.165, 1.54) is 12.1 Å². The molecule has 0 radical (unpaired) electrons. The second-order valence-corrected chi connectivity index (χ2v) is 5.43. The van der Waals surface area contributed by atoms with Crippen LogP contribution in [0.2, 0.25) is 0 Å². The highest BCUT2D eigenvalue weighted by molar-refractivity contribution is 7.15. The van der Waals surface area contributed by atoms with Crippen LogP contribution in [0.15, 0.2) is 12.1 Å². The topological polar surface area (TPSA) is 75.6 Å². The summed E-state index contributed by atoms with van der Waals surface area (Å²) in [6, 6.07) is 2.94. The minimum atomic E-state index is -1.02. The molecule has 0 spiro atoms. The van der Waals surface area contributed by atoms with Gasteiger partial charge in [0.2, 0.25) is 0 Å². The maximum absolute atomic E-state index is 11.8. The molecule has 0 fully saturated rings. The van der Waals surface area contributed by atoms with Crippen LogP contribution in [0.3, 0.4) is 0 Å². The predicted octanol–water partition coefficient (Wildman–Crippen LogP) is 1.99. The average Bonchev–Trinajstić information content (AvgIpc) is 2.75. The Bertz CT molecular complexity index is 439. The van der Waals surface area contributed by atoms with Crippen LogP contribution in [0.25, 0.3) is 0 Å². The molecular weight excluding hydrogens is 254 g/mol. The molecule has 0 saturated carbocycles. The zero-order chi connectivity index (χ0) is 13.8. The summed E-state index contributed by atoms with van der Waals surface area (Å²) in [5.41, 5.74) is -0.433. The third-order valence-corrected chi connectivity index (χ3v) is 3.32. The lowest BCUT2D eigenvalue weighted by Crippen LogP contribution is -2.40. The Kier molecular flexibility index (Phi) is 4.86. The molecule has 1 amide bonds. The number of aromatic carboxylic acids is 1. The number of carbonyl (C=O) groups is 2. The Morgan fingerprint density at radius 3 is 2.50 bits per heavy atom. The summed E-state index contributed by atoms with van der Waals surface area (Å²) in [5.74, 6) is -1.30. The van der Waals surface area contributed by atoms with Gasteiger partial charge in [-0.25, -0.2) is 4.79 Å². The van der Waals surface area contributed by atoms with Gasteiger partial charge in [0.05, 0.1) is 10.5 Å². The van der Waals surface area contributed by atoms with Gasteiger partial charge in [0.15, 0.2) is 0 Å². The Morgan fingerprint density at radius 2 is 2.00 bits per heavy atom. The third-order valence-electron chi connectivity index (χ3n) is 2.25.